The summed E-state index contributed by atoms with van der Waals surface area (Å²) < 4.78 is 0. The molecule has 0 aliphatic carbocycles. The summed E-state index contributed by atoms with van der Waals surface area (Å²) in [6.07, 6.45) is 0. The topological polar surface area (TPSA) is 6.48 Å². The highest BCUT2D eigenvalue weighted by molar-refractivity contribution is 6.33. The molecule has 1 aliphatic heterocycles. The zero-order valence-corrected chi connectivity index (χ0v) is 9.09. The second kappa shape index (κ2) is 4.20. The number of hydrogen-bond donors (Lipinski definition) is 0. The third-order valence-electron chi connectivity index (χ3n) is 2.63. The van der Waals surface area contributed by atoms with Gasteiger partial charge < -0.3 is 9.80 Å². The summed E-state index contributed by atoms with van der Waals surface area (Å²) in [5.74, 6) is 0. The Morgan fingerprint density at radius 3 is 2.64 bits per heavy atom. The minimum Gasteiger partial charge on any atom is -0.368 e. The zero-order chi connectivity index (χ0) is 9.97. The van der Waals surface area contributed by atoms with Crippen LogP contribution < -0.4 is 4.90 Å². The van der Waals surface area contributed by atoms with Crippen LogP contribution >= 0.6 is 11.6 Å². The van der Waals surface area contributed by atoms with Crippen molar-refractivity contribution in [2.75, 3.05) is 38.1 Å². The Morgan fingerprint density at radius 1 is 1.29 bits per heavy atom. The van der Waals surface area contributed by atoms with E-state index in [1.807, 2.05) is 12.1 Å². The molecule has 2 nitrogen and oxygen atoms in total. The van der Waals surface area contributed by atoms with Crippen molar-refractivity contribution in [3.63, 3.8) is 0 Å². The van der Waals surface area contributed by atoms with Gasteiger partial charge in [0.15, 0.2) is 0 Å². The van der Waals surface area contributed by atoms with Gasteiger partial charge in [0.05, 0.1) is 10.7 Å². The fourth-order valence-corrected chi connectivity index (χ4v) is 1.94. The van der Waals surface area contributed by atoms with E-state index in [2.05, 4.69) is 29.0 Å². The van der Waals surface area contributed by atoms with Gasteiger partial charge in [0, 0.05) is 32.2 Å². The van der Waals surface area contributed by atoms with Crippen LogP contribution in [0, 0.1) is 6.07 Å². The number of nitrogens with zero attached hydrogens (tertiary/aromatic N) is 2. The van der Waals surface area contributed by atoms with Gasteiger partial charge in [-0.15, -0.1) is 0 Å². The SMILES string of the molecule is CN1CCN(c2ccc[c]c2Cl)CC1. The minimum atomic E-state index is 0.733. The van der Waals surface area contributed by atoms with Crippen molar-refractivity contribution in [2.24, 2.45) is 0 Å². The van der Waals surface area contributed by atoms with Crippen LogP contribution in [0.1, 0.15) is 0 Å². The molecule has 1 aliphatic rings. The Kier molecular flexibility index (Phi) is 2.94. The molecular formula is C11H14ClN2. The van der Waals surface area contributed by atoms with Gasteiger partial charge in [-0.3, -0.25) is 0 Å². The monoisotopic (exact) mass is 209 g/mol. The van der Waals surface area contributed by atoms with Crippen LogP contribution in [-0.2, 0) is 0 Å². The Labute approximate surface area is 90.1 Å². The van der Waals surface area contributed by atoms with E-state index in [9.17, 15) is 0 Å². The minimum absolute atomic E-state index is 0.733. The first-order chi connectivity index (χ1) is 6.77. The number of piperazine rings is 1. The lowest BCUT2D eigenvalue weighted by atomic mass is 10.2. The molecule has 0 aromatic heterocycles. The van der Waals surface area contributed by atoms with Crippen LogP contribution in [0.5, 0.6) is 0 Å². The fourth-order valence-electron chi connectivity index (χ4n) is 1.70. The average molecular weight is 210 g/mol. The van der Waals surface area contributed by atoms with Crippen molar-refractivity contribution in [3.05, 3.63) is 29.3 Å². The smallest absolute Gasteiger partial charge is 0.0718 e. The average Bonchev–Trinajstić information content (AvgIpc) is 2.20. The standard InChI is InChI=1S/C11H14ClN2/c1-13-6-8-14(9-7-13)11-5-3-2-4-10(11)12/h2-3,5H,6-9H2,1H3. The molecule has 1 heterocycles. The van der Waals surface area contributed by atoms with Crippen LogP contribution in [0.3, 0.4) is 0 Å². The number of hydrogen-bond acceptors (Lipinski definition) is 2. The van der Waals surface area contributed by atoms with Crippen molar-refractivity contribution in [1.82, 2.24) is 4.90 Å². The Morgan fingerprint density at radius 2 is 2.00 bits per heavy atom. The molecule has 1 saturated heterocycles. The molecule has 0 saturated carbocycles. The largest absolute Gasteiger partial charge is 0.368 e. The van der Waals surface area contributed by atoms with Gasteiger partial charge in [-0.05, 0) is 13.1 Å². The number of anilines is 1. The van der Waals surface area contributed by atoms with E-state index in [0.29, 0.717) is 0 Å². The maximum Gasteiger partial charge on any atom is 0.0718 e. The molecule has 1 fully saturated rings. The highest BCUT2D eigenvalue weighted by Gasteiger charge is 2.15. The molecule has 3 heteroatoms. The number of halogens is 1. The number of benzene rings is 1. The maximum atomic E-state index is 6.08. The van der Waals surface area contributed by atoms with E-state index in [1.165, 1.54) is 0 Å². The number of rotatable bonds is 1. The summed E-state index contributed by atoms with van der Waals surface area (Å²) in [5.41, 5.74) is 1.11. The molecule has 0 N–H and O–H groups in total. The Bertz CT molecular complexity index is 306. The summed E-state index contributed by atoms with van der Waals surface area (Å²) in [7, 11) is 2.15. The van der Waals surface area contributed by atoms with Crippen LogP contribution in [0.25, 0.3) is 0 Å². The van der Waals surface area contributed by atoms with Gasteiger partial charge in [-0.1, -0.05) is 23.7 Å². The van der Waals surface area contributed by atoms with E-state index in [-0.39, 0.29) is 0 Å². The van der Waals surface area contributed by atoms with Crippen LogP contribution in [0.2, 0.25) is 5.02 Å². The molecule has 14 heavy (non-hydrogen) atoms. The molecule has 1 radical (unpaired) electrons. The van der Waals surface area contributed by atoms with Crippen LogP contribution in [-0.4, -0.2) is 38.1 Å². The molecule has 2 rings (SSSR count). The summed E-state index contributed by atoms with van der Waals surface area (Å²) >= 11 is 6.08. The highest BCUT2D eigenvalue weighted by Crippen LogP contribution is 2.25. The van der Waals surface area contributed by atoms with E-state index in [1.54, 1.807) is 0 Å². The quantitative estimate of drug-likeness (QED) is 0.697. The first kappa shape index (κ1) is 9.81. The van der Waals surface area contributed by atoms with Gasteiger partial charge >= 0.3 is 0 Å². The summed E-state index contributed by atoms with van der Waals surface area (Å²) in [6.45, 7) is 4.30. The van der Waals surface area contributed by atoms with E-state index in [0.717, 1.165) is 36.9 Å². The summed E-state index contributed by atoms with van der Waals surface area (Å²) in [6, 6.07) is 8.91. The summed E-state index contributed by atoms with van der Waals surface area (Å²) in [4.78, 5) is 4.65. The van der Waals surface area contributed by atoms with Gasteiger partial charge in [0.1, 0.15) is 0 Å². The normalized spacial score (nSPS) is 18.6. The van der Waals surface area contributed by atoms with Crippen molar-refractivity contribution >= 4 is 17.3 Å². The molecule has 0 spiro atoms. The lowest BCUT2D eigenvalue weighted by molar-refractivity contribution is 0.313. The third kappa shape index (κ3) is 2.02. The van der Waals surface area contributed by atoms with E-state index < -0.39 is 0 Å². The Balaban J connectivity index is 2.12. The molecular weight excluding hydrogens is 196 g/mol. The van der Waals surface area contributed by atoms with Crippen molar-refractivity contribution in [3.8, 4) is 0 Å². The highest BCUT2D eigenvalue weighted by atomic mass is 35.5. The summed E-state index contributed by atoms with van der Waals surface area (Å²) in [5, 5.41) is 0.733. The number of likely N-dealkylation sites (N-methyl/N-ethyl adjacent to an activating group) is 1. The second-order valence-corrected chi connectivity index (χ2v) is 4.04. The van der Waals surface area contributed by atoms with Crippen LogP contribution in [0.4, 0.5) is 5.69 Å². The van der Waals surface area contributed by atoms with Crippen molar-refractivity contribution in [1.29, 1.82) is 0 Å². The third-order valence-corrected chi connectivity index (χ3v) is 2.93. The zero-order valence-electron chi connectivity index (χ0n) is 8.33. The molecule has 0 unspecified atom stereocenters. The van der Waals surface area contributed by atoms with E-state index >= 15 is 0 Å². The van der Waals surface area contributed by atoms with Crippen molar-refractivity contribution in [2.45, 2.75) is 0 Å². The maximum absolute atomic E-state index is 6.08. The lowest BCUT2D eigenvalue weighted by Gasteiger charge is -2.34. The first-order valence-electron chi connectivity index (χ1n) is 4.87. The van der Waals surface area contributed by atoms with Crippen LogP contribution in [0.15, 0.2) is 18.2 Å². The fraction of sp³-hybridized carbons (Fsp3) is 0.455. The first-order valence-corrected chi connectivity index (χ1v) is 5.25. The molecule has 1 aromatic rings. The predicted octanol–water partition coefficient (Wildman–Crippen LogP) is 1.89. The van der Waals surface area contributed by atoms with Gasteiger partial charge in [-0.2, -0.15) is 0 Å². The molecule has 0 atom stereocenters. The van der Waals surface area contributed by atoms with E-state index in [4.69, 9.17) is 11.6 Å². The second-order valence-electron chi connectivity index (χ2n) is 3.66. The van der Waals surface area contributed by atoms with Crippen molar-refractivity contribution < 1.29 is 0 Å². The molecule has 75 valence electrons. The van der Waals surface area contributed by atoms with Gasteiger partial charge in [0.2, 0.25) is 0 Å². The lowest BCUT2D eigenvalue weighted by Crippen LogP contribution is -2.44. The van der Waals surface area contributed by atoms with Gasteiger partial charge in [-0.25, -0.2) is 0 Å². The predicted molar refractivity (Wildman–Crippen MR) is 60.0 cm³/mol. The van der Waals surface area contributed by atoms with Gasteiger partial charge in [0.25, 0.3) is 0 Å². The molecule has 1 aromatic carbocycles. The molecule has 0 bridgehead atoms. The Hall–Kier alpha value is -0.730. The molecule has 0 amide bonds.